The molecule has 2 atom stereocenters. The molecule has 0 aromatic heterocycles. The number of hydrogen-bond acceptors (Lipinski definition) is 5. The normalized spacial score (nSPS) is 13.1. The number of amides is 2. The number of rotatable bonds is 11. The van der Waals surface area contributed by atoms with Gasteiger partial charge in [0.1, 0.15) is 17.2 Å². The van der Waals surface area contributed by atoms with Gasteiger partial charge in [-0.2, -0.15) is 0 Å². The van der Waals surface area contributed by atoms with E-state index in [1.54, 1.807) is 50.5 Å². The Balaban J connectivity index is 2.18. The predicted molar refractivity (Wildman–Crippen MR) is 127 cm³/mol. The molecular formula is C25H31ClF2N2O5. The average molecular weight is 513 g/mol. The molecule has 3 N–H and O–H groups in total. The molecule has 0 bridgehead atoms. The molecule has 35 heavy (non-hydrogen) atoms. The van der Waals surface area contributed by atoms with Gasteiger partial charge in [-0.25, -0.2) is 19.1 Å². The van der Waals surface area contributed by atoms with E-state index in [-0.39, 0.29) is 31.6 Å². The highest BCUT2D eigenvalue weighted by molar-refractivity contribution is 6.30. The maximum absolute atomic E-state index is 14.8. The van der Waals surface area contributed by atoms with Gasteiger partial charge in [-0.05, 0) is 62.9 Å². The summed E-state index contributed by atoms with van der Waals surface area (Å²) in [6, 6.07) is 10.2. The van der Waals surface area contributed by atoms with Gasteiger partial charge in [0, 0.05) is 30.2 Å². The van der Waals surface area contributed by atoms with Crippen molar-refractivity contribution in [3.05, 3.63) is 70.2 Å². The van der Waals surface area contributed by atoms with Gasteiger partial charge in [0.2, 0.25) is 5.91 Å². The van der Waals surface area contributed by atoms with Crippen molar-refractivity contribution in [3.63, 3.8) is 0 Å². The van der Waals surface area contributed by atoms with Crippen LogP contribution in [0.15, 0.2) is 42.5 Å². The fourth-order valence-corrected chi connectivity index (χ4v) is 3.60. The summed E-state index contributed by atoms with van der Waals surface area (Å²) < 4.78 is 39.5. The number of carbonyl (C=O) groups excluding carboxylic acids is 2. The van der Waals surface area contributed by atoms with Crippen LogP contribution in [0.4, 0.5) is 13.6 Å². The number of nitrogens with one attached hydrogen (secondary N) is 2. The van der Waals surface area contributed by atoms with Crippen LogP contribution < -0.4 is 10.8 Å². The summed E-state index contributed by atoms with van der Waals surface area (Å²) in [5.74, 6) is -2.90. The van der Waals surface area contributed by atoms with E-state index in [9.17, 15) is 18.4 Å². The molecule has 2 aromatic rings. The summed E-state index contributed by atoms with van der Waals surface area (Å²) in [5, 5.41) is 12.2. The van der Waals surface area contributed by atoms with E-state index in [2.05, 4.69) is 5.32 Å². The maximum atomic E-state index is 14.8. The van der Waals surface area contributed by atoms with E-state index in [0.717, 1.165) is 17.7 Å². The second kappa shape index (κ2) is 13.4. The van der Waals surface area contributed by atoms with E-state index in [1.165, 1.54) is 6.07 Å². The first-order chi connectivity index (χ1) is 16.5. The van der Waals surface area contributed by atoms with E-state index in [1.807, 2.05) is 0 Å². The zero-order chi connectivity index (χ0) is 26.0. The Hall–Kier alpha value is -2.75. The highest BCUT2D eigenvalue weighted by Gasteiger charge is 2.29. The Morgan fingerprint density at radius 2 is 1.80 bits per heavy atom. The minimum atomic E-state index is -0.862. The minimum Gasteiger partial charge on any atom is -0.444 e. The summed E-state index contributed by atoms with van der Waals surface area (Å²) in [6.45, 7) is 5.63. The first-order valence-electron chi connectivity index (χ1n) is 11.2. The standard InChI is InChI=1S/C25H31ClF2N2O5/c1-25(2,3)35-24(32)29-11-4-12-34-22(15-23(31)30-33)20(13-16-5-7-17(26)8-6-16)19-10-9-18(27)14-21(19)28/h5-10,14,20,22,33H,4,11-13,15H2,1-3H3,(H,29,32)(H,30,31)/t20-,22-/m1/s1. The first kappa shape index (κ1) is 28.5. The number of hydroxylamine groups is 1. The molecule has 10 heteroatoms. The van der Waals surface area contributed by atoms with Crippen molar-refractivity contribution in [3.8, 4) is 0 Å². The molecule has 0 fully saturated rings. The fourth-order valence-electron chi connectivity index (χ4n) is 3.48. The molecule has 0 saturated carbocycles. The number of hydrogen-bond donors (Lipinski definition) is 3. The summed E-state index contributed by atoms with van der Waals surface area (Å²) in [5.41, 5.74) is 1.91. The number of benzene rings is 2. The van der Waals surface area contributed by atoms with Crippen LogP contribution in [0.5, 0.6) is 0 Å². The van der Waals surface area contributed by atoms with Crippen molar-refractivity contribution in [1.82, 2.24) is 10.8 Å². The Labute approximate surface area is 208 Å². The molecule has 2 rings (SSSR count). The van der Waals surface area contributed by atoms with Gasteiger partial charge >= 0.3 is 6.09 Å². The quantitative estimate of drug-likeness (QED) is 0.220. The number of carbonyl (C=O) groups is 2. The van der Waals surface area contributed by atoms with Crippen molar-refractivity contribution in [1.29, 1.82) is 0 Å². The molecular weight excluding hydrogens is 482 g/mol. The highest BCUT2D eigenvalue weighted by Crippen LogP contribution is 2.31. The van der Waals surface area contributed by atoms with E-state index in [4.69, 9.17) is 26.3 Å². The first-order valence-corrected chi connectivity index (χ1v) is 11.6. The molecule has 0 unspecified atom stereocenters. The van der Waals surface area contributed by atoms with Gasteiger partial charge in [-0.15, -0.1) is 0 Å². The molecule has 0 heterocycles. The molecule has 0 aliphatic rings. The highest BCUT2D eigenvalue weighted by atomic mass is 35.5. The Morgan fingerprint density at radius 3 is 2.40 bits per heavy atom. The van der Waals surface area contributed by atoms with E-state index < -0.39 is 41.3 Å². The van der Waals surface area contributed by atoms with Crippen molar-refractivity contribution in [2.75, 3.05) is 13.2 Å². The summed E-state index contributed by atoms with van der Waals surface area (Å²) in [6.07, 6.45) is -1.05. The van der Waals surface area contributed by atoms with E-state index in [0.29, 0.717) is 11.4 Å². The van der Waals surface area contributed by atoms with Crippen LogP contribution in [0.1, 0.15) is 50.7 Å². The lowest BCUT2D eigenvalue weighted by atomic mass is 9.85. The van der Waals surface area contributed by atoms with Crippen molar-refractivity contribution < 1.29 is 33.1 Å². The second-order valence-electron chi connectivity index (χ2n) is 9.03. The van der Waals surface area contributed by atoms with Gasteiger partial charge in [-0.3, -0.25) is 10.0 Å². The molecule has 0 radical (unpaired) electrons. The van der Waals surface area contributed by atoms with E-state index >= 15 is 0 Å². The third-order valence-electron chi connectivity index (χ3n) is 5.01. The van der Waals surface area contributed by atoms with Gasteiger partial charge in [0.25, 0.3) is 0 Å². The molecule has 0 aliphatic heterocycles. The van der Waals surface area contributed by atoms with Crippen LogP contribution in [-0.2, 0) is 20.7 Å². The van der Waals surface area contributed by atoms with Gasteiger partial charge in [0.05, 0.1) is 12.5 Å². The second-order valence-corrected chi connectivity index (χ2v) is 9.47. The molecule has 0 spiro atoms. The third-order valence-corrected chi connectivity index (χ3v) is 5.26. The Kier molecular flexibility index (Phi) is 10.9. The lowest BCUT2D eigenvalue weighted by Crippen LogP contribution is -2.34. The van der Waals surface area contributed by atoms with Crippen LogP contribution in [0.3, 0.4) is 0 Å². The summed E-state index contributed by atoms with van der Waals surface area (Å²) in [7, 11) is 0. The third kappa shape index (κ3) is 10.2. The smallest absolute Gasteiger partial charge is 0.407 e. The molecule has 7 nitrogen and oxygen atoms in total. The lowest BCUT2D eigenvalue weighted by Gasteiger charge is -2.28. The summed E-state index contributed by atoms with van der Waals surface area (Å²) in [4.78, 5) is 23.8. The van der Waals surface area contributed by atoms with Crippen LogP contribution in [0.25, 0.3) is 0 Å². The largest absolute Gasteiger partial charge is 0.444 e. The van der Waals surface area contributed by atoms with Crippen molar-refractivity contribution >= 4 is 23.6 Å². The SMILES string of the molecule is CC(C)(C)OC(=O)NCCCO[C@H](CC(=O)NO)[C@H](Cc1ccc(Cl)cc1)c1ccc(F)cc1F. The summed E-state index contributed by atoms with van der Waals surface area (Å²) >= 11 is 5.97. The van der Waals surface area contributed by atoms with Crippen LogP contribution in [0, 0.1) is 11.6 Å². The fraction of sp³-hybridized carbons (Fsp3) is 0.440. The molecule has 0 saturated heterocycles. The van der Waals surface area contributed by atoms with Crippen LogP contribution in [-0.4, -0.2) is 42.1 Å². The van der Waals surface area contributed by atoms with Gasteiger partial charge < -0.3 is 14.8 Å². The Morgan fingerprint density at radius 1 is 1.11 bits per heavy atom. The van der Waals surface area contributed by atoms with Crippen LogP contribution in [0.2, 0.25) is 5.02 Å². The predicted octanol–water partition coefficient (Wildman–Crippen LogP) is 5.14. The maximum Gasteiger partial charge on any atom is 0.407 e. The zero-order valence-corrected chi connectivity index (χ0v) is 20.7. The molecule has 2 aromatic carbocycles. The Bertz CT molecular complexity index is 983. The van der Waals surface area contributed by atoms with Gasteiger partial charge in [0.15, 0.2) is 0 Å². The molecule has 2 amide bonds. The zero-order valence-electron chi connectivity index (χ0n) is 19.9. The topological polar surface area (TPSA) is 96.9 Å². The molecule has 192 valence electrons. The lowest BCUT2D eigenvalue weighted by molar-refractivity contribution is -0.132. The number of halogens is 3. The van der Waals surface area contributed by atoms with Crippen molar-refractivity contribution in [2.45, 2.75) is 57.7 Å². The monoisotopic (exact) mass is 512 g/mol. The number of ether oxygens (including phenoxy) is 2. The number of alkyl carbamates (subject to hydrolysis) is 1. The average Bonchev–Trinajstić information content (AvgIpc) is 2.77. The molecule has 0 aliphatic carbocycles. The van der Waals surface area contributed by atoms with Crippen molar-refractivity contribution in [2.24, 2.45) is 0 Å². The minimum absolute atomic E-state index is 0.124. The van der Waals surface area contributed by atoms with Crippen LogP contribution >= 0.6 is 11.6 Å². The van der Waals surface area contributed by atoms with Gasteiger partial charge in [-0.1, -0.05) is 29.8 Å².